The van der Waals surface area contributed by atoms with Gasteiger partial charge in [-0.05, 0) is 17.7 Å². The van der Waals surface area contributed by atoms with Crippen molar-refractivity contribution in [1.29, 1.82) is 0 Å². The van der Waals surface area contributed by atoms with Gasteiger partial charge < -0.3 is 24.8 Å². The maximum Gasteiger partial charge on any atom is 0.219 e. The van der Waals surface area contributed by atoms with Crippen molar-refractivity contribution in [2.75, 3.05) is 32.8 Å². The number of aliphatic hydroxyl groups is 1. The first kappa shape index (κ1) is 17.8. The minimum absolute atomic E-state index is 0.0965. The molecule has 0 aromatic carbocycles. The number of piperazine rings is 1. The largest absolute Gasteiger partial charge is 0.390 e. The lowest BCUT2D eigenvalue weighted by Crippen LogP contribution is -2.66. The first-order valence-corrected chi connectivity index (χ1v) is 9.20. The summed E-state index contributed by atoms with van der Waals surface area (Å²) in [7, 11) is 0. The lowest BCUT2D eigenvalue weighted by molar-refractivity contribution is -0.186. The van der Waals surface area contributed by atoms with Gasteiger partial charge >= 0.3 is 0 Å². The Morgan fingerprint density at radius 3 is 2.73 bits per heavy atom. The van der Waals surface area contributed by atoms with E-state index in [2.05, 4.69) is 15.2 Å². The highest BCUT2D eigenvalue weighted by Gasteiger charge is 2.52. The van der Waals surface area contributed by atoms with Crippen LogP contribution in [0, 0.1) is 0 Å². The van der Waals surface area contributed by atoms with Gasteiger partial charge in [-0.2, -0.15) is 0 Å². The maximum absolute atomic E-state index is 11.5. The van der Waals surface area contributed by atoms with Crippen LogP contribution in [0.4, 0.5) is 0 Å². The molecule has 26 heavy (non-hydrogen) atoms. The number of carbonyl (C=O) groups is 1. The first-order chi connectivity index (χ1) is 12.6. The van der Waals surface area contributed by atoms with Gasteiger partial charge in [0, 0.05) is 52.0 Å². The summed E-state index contributed by atoms with van der Waals surface area (Å²) in [6.07, 6.45) is 2.38. The number of ether oxygens (including phenoxy) is 2. The van der Waals surface area contributed by atoms with Crippen LogP contribution in [0.2, 0.25) is 0 Å². The van der Waals surface area contributed by atoms with Gasteiger partial charge in [-0.1, -0.05) is 0 Å². The second-order valence-corrected chi connectivity index (χ2v) is 7.16. The van der Waals surface area contributed by atoms with E-state index in [-0.39, 0.29) is 24.1 Å². The average molecular weight is 362 g/mol. The summed E-state index contributed by atoms with van der Waals surface area (Å²) in [6.45, 7) is 5.49. The lowest BCUT2D eigenvalue weighted by atomic mass is 9.94. The van der Waals surface area contributed by atoms with Crippen LogP contribution in [0.15, 0.2) is 24.5 Å². The number of aliphatic hydroxyl groups excluding tert-OH is 1. The Kier molecular flexibility index (Phi) is 5.19. The van der Waals surface area contributed by atoms with Crippen LogP contribution >= 0.6 is 0 Å². The summed E-state index contributed by atoms with van der Waals surface area (Å²) in [4.78, 5) is 19.6. The second kappa shape index (κ2) is 7.58. The van der Waals surface area contributed by atoms with Gasteiger partial charge in [0.1, 0.15) is 6.10 Å². The molecule has 4 rings (SSSR count). The predicted octanol–water partition coefficient (Wildman–Crippen LogP) is -0.811. The van der Waals surface area contributed by atoms with E-state index in [1.54, 1.807) is 19.3 Å². The third kappa shape index (κ3) is 3.47. The van der Waals surface area contributed by atoms with E-state index in [9.17, 15) is 9.90 Å². The predicted molar refractivity (Wildman–Crippen MR) is 93.1 cm³/mol. The van der Waals surface area contributed by atoms with Crippen LogP contribution in [-0.4, -0.2) is 89.2 Å². The highest BCUT2D eigenvalue weighted by Crippen LogP contribution is 2.32. The molecular weight excluding hydrogens is 336 g/mol. The Morgan fingerprint density at radius 2 is 2.04 bits per heavy atom. The highest BCUT2D eigenvalue weighted by molar-refractivity contribution is 5.73. The van der Waals surface area contributed by atoms with Crippen molar-refractivity contribution < 1.29 is 19.4 Å². The molecule has 142 valence electrons. The molecule has 3 aliphatic rings. The molecule has 2 N–H and O–H groups in total. The Labute approximate surface area is 153 Å². The van der Waals surface area contributed by atoms with Crippen LogP contribution in [0.5, 0.6) is 0 Å². The highest BCUT2D eigenvalue weighted by atomic mass is 16.7. The van der Waals surface area contributed by atoms with Crippen molar-refractivity contribution in [3.05, 3.63) is 30.1 Å². The minimum Gasteiger partial charge on any atom is -0.390 e. The second-order valence-electron chi connectivity index (χ2n) is 7.16. The van der Waals surface area contributed by atoms with Crippen molar-refractivity contribution in [1.82, 2.24) is 20.1 Å². The van der Waals surface area contributed by atoms with Crippen molar-refractivity contribution in [2.24, 2.45) is 0 Å². The van der Waals surface area contributed by atoms with E-state index in [4.69, 9.17) is 9.47 Å². The molecule has 8 heteroatoms. The van der Waals surface area contributed by atoms with Crippen molar-refractivity contribution in [2.45, 2.75) is 44.1 Å². The summed E-state index contributed by atoms with van der Waals surface area (Å²) in [5.74, 6) is 0.0965. The van der Waals surface area contributed by atoms with E-state index in [1.807, 2.05) is 17.0 Å². The number of amides is 1. The molecule has 1 aromatic rings. The number of carbonyl (C=O) groups excluding carboxylic acids is 1. The zero-order valence-electron chi connectivity index (χ0n) is 15.0. The van der Waals surface area contributed by atoms with E-state index in [0.29, 0.717) is 39.3 Å². The van der Waals surface area contributed by atoms with Crippen molar-refractivity contribution >= 4 is 5.91 Å². The van der Waals surface area contributed by atoms with Crippen LogP contribution in [-0.2, 0) is 20.8 Å². The minimum atomic E-state index is -0.591. The molecule has 0 spiro atoms. The SMILES string of the molecule is CC(=O)N1CCN([C@@H]2[C@@H]3OC[C@H](O3)[C@@H](NCc3ccncc3)[C@@H]2O)CC1. The molecule has 5 atom stereocenters. The molecule has 3 fully saturated rings. The Bertz CT molecular complexity index is 623. The average Bonchev–Trinajstić information content (AvgIpc) is 3.08. The summed E-state index contributed by atoms with van der Waals surface area (Å²) in [6, 6.07) is 3.49. The van der Waals surface area contributed by atoms with Gasteiger partial charge in [-0.3, -0.25) is 14.7 Å². The van der Waals surface area contributed by atoms with E-state index < -0.39 is 12.4 Å². The number of nitrogens with one attached hydrogen (secondary N) is 1. The van der Waals surface area contributed by atoms with E-state index >= 15 is 0 Å². The number of nitrogens with zero attached hydrogens (tertiary/aromatic N) is 3. The summed E-state index contributed by atoms with van der Waals surface area (Å²) in [5, 5.41) is 14.5. The van der Waals surface area contributed by atoms with Gasteiger partial charge in [-0.15, -0.1) is 0 Å². The van der Waals surface area contributed by atoms with Gasteiger partial charge in [-0.25, -0.2) is 0 Å². The number of hydrogen-bond acceptors (Lipinski definition) is 7. The molecule has 3 aliphatic heterocycles. The molecule has 1 amide bonds. The van der Waals surface area contributed by atoms with Gasteiger partial charge in [0.25, 0.3) is 0 Å². The lowest BCUT2D eigenvalue weighted by Gasteiger charge is -2.46. The van der Waals surface area contributed by atoms with Crippen LogP contribution in [0.25, 0.3) is 0 Å². The summed E-state index contributed by atoms with van der Waals surface area (Å²) >= 11 is 0. The molecule has 8 nitrogen and oxygen atoms in total. The molecule has 1 aromatic heterocycles. The Balaban J connectivity index is 1.42. The summed E-state index contributed by atoms with van der Waals surface area (Å²) < 4.78 is 11.8. The standard InChI is InChI=1S/C18H26N4O4/c1-12(23)21-6-8-22(9-7-21)16-17(24)15(14-11-25-18(16)26-14)20-10-13-2-4-19-5-3-13/h2-5,14-18,20,24H,6-11H2,1H3/t14-,15+,16-,17-,18+/m0/s1. The third-order valence-corrected chi connectivity index (χ3v) is 5.60. The molecule has 0 unspecified atom stereocenters. The van der Waals surface area contributed by atoms with Crippen molar-refractivity contribution in [3.63, 3.8) is 0 Å². The van der Waals surface area contributed by atoms with Crippen LogP contribution in [0.1, 0.15) is 12.5 Å². The molecule has 2 bridgehead atoms. The molecular formula is C18H26N4O4. The van der Waals surface area contributed by atoms with Crippen molar-refractivity contribution in [3.8, 4) is 0 Å². The van der Waals surface area contributed by atoms with Crippen LogP contribution < -0.4 is 5.32 Å². The fraction of sp³-hybridized carbons (Fsp3) is 0.667. The smallest absolute Gasteiger partial charge is 0.219 e. The molecule has 4 heterocycles. The molecule has 0 radical (unpaired) electrons. The quantitative estimate of drug-likeness (QED) is 0.724. The first-order valence-electron chi connectivity index (χ1n) is 9.20. The Morgan fingerprint density at radius 1 is 1.31 bits per heavy atom. The molecule has 0 aliphatic carbocycles. The monoisotopic (exact) mass is 362 g/mol. The fourth-order valence-electron chi connectivity index (χ4n) is 4.11. The normalized spacial score (nSPS) is 34.8. The zero-order chi connectivity index (χ0) is 18.1. The van der Waals surface area contributed by atoms with Gasteiger partial charge in [0.05, 0.1) is 24.8 Å². The summed E-state index contributed by atoms with van der Waals surface area (Å²) in [5.41, 5.74) is 1.11. The van der Waals surface area contributed by atoms with Crippen LogP contribution in [0.3, 0.4) is 0 Å². The number of hydrogen-bond donors (Lipinski definition) is 2. The van der Waals surface area contributed by atoms with E-state index in [0.717, 1.165) is 5.56 Å². The number of rotatable bonds is 4. The number of aromatic nitrogens is 1. The molecule has 3 saturated heterocycles. The number of fused-ring (bicyclic) bond motifs is 2. The van der Waals surface area contributed by atoms with Gasteiger partial charge in [0.2, 0.25) is 5.91 Å². The topological polar surface area (TPSA) is 87.2 Å². The van der Waals surface area contributed by atoms with E-state index in [1.165, 1.54) is 0 Å². The number of pyridine rings is 1. The Hall–Kier alpha value is -1.58. The zero-order valence-corrected chi connectivity index (χ0v) is 15.0. The van der Waals surface area contributed by atoms with Gasteiger partial charge in [0.15, 0.2) is 6.29 Å². The fourth-order valence-corrected chi connectivity index (χ4v) is 4.11. The maximum atomic E-state index is 11.5. The third-order valence-electron chi connectivity index (χ3n) is 5.60. The molecule has 0 saturated carbocycles.